The third-order valence-corrected chi connectivity index (χ3v) is 9.00. The second kappa shape index (κ2) is 15.3. The van der Waals surface area contributed by atoms with Crippen LogP contribution < -0.4 is 0 Å². The van der Waals surface area contributed by atoms with Gasteiger partial charge in [-0.05, 0) is 76.7 Å². The molecule has 0 aliphatic carbocycles. The highest BCUT2D eigenvalue weighted by atomic mass is 19.4. The number of hydrogen-bond donors (Lipinski definition) is 0. The standard InChI is InChI=1S/C41H33F6N3O2/c42-40(43,44)34-17-11-28(12-18-34)13-20-38(51)50(26-30-9-14-32(15-10-30)36-8-4-5-22-48-36)37(24-29-6-2-1-3-7-29)39(52)49-23-21-31-16-19-35(41(45,46)47)25-33(31)27-49/h1-20,22,25,37H,21,23-24,26-27H2/b20-13-/t37-/m0/s1. The van der Waals surface area contributed by atoms with Crippen molar-refractivity contribution in [2.75, 3.05) is 6.54 Å². The van der Waals surface area contributed by atoms with Crippen molar-refractivity contribution in [3.63, 3.8) is 0 Å². The normalized spacial score (nSPS) is 13.8. The number of benzene rings is 4. The Morgan fingerprint density at radius 2 is 1.42 bits per heavy atom. The van der Waals surface area contributed by atoms with Gasteiger partial charge >= 0.3 is 12.4 Å². The van der Waals surface area contributed by atoms with Crippen molar-refractivity contribution < 1.29 is 35.9 Å². The molecule has 1 atom stereocenters. The van der Waals surface area contributed by atoms with Crippen LogP contribution in [0.4, 0.5) is 26.3 Å². The minimum atomic E-state index is -4.55. The summed E-state index contributed by atoms with van der Waals surface area (Å²) in [6, 6.07) is 28.8. The molecule has 0 bridgehead atoms. The zero-order valence-corrected chi connectivity index (χ0v) is 27.7. The molecule has 1 aliphatic rings. The molecule has 11 heteroatoms. The van der Waals surface area contributed by atoms with E-state index in [1.807, 2.05) is 54.6 Å². The molecular weight excluding hydrogens is 680 g/mol. The van der Waals surface area contributed by atoms with E-state index < -0.39 is 41.3 Å². The van der Waals surface area contributed by atoms with Gasteiger partial charge in [0.15, 0.2) is 0 Å². The number of hydrogen-bond acceptors (Lipinski definition) is 3. The quantitative estimate of drug-likeness (QED) is 0.113. The predicted octanol–water partition coefficient (Wildman–Crippen LogP) is 9.02. The van der Waals surface area contributed by atoms with Gasteiger partial charge in [0, 0.05) is 43.9 Å². The second-order valence-corrected chi connectivity index (χ2v) is 12.5. The summed E-state index contributed by atoms with van der Waals surface area (Å²) in [7, 11) is 0. The first-order chi connectivity index (χ1) is 24.8. The lowest BCUT2D eigenvalue weighted by atomic mass is 9.95. The number of pyridine rings is 1. The number of nitrogens with zero attached hydrogens (tertiary/aromatic N) is 3. The van der Waals surface area contributed by atoms with E-state index in [1.165, 1.54) is 40.2 Å². The van der Waals surface area contributed by atoms with Crippen molar-refractivity contribution in [3.05, 3.63) is 166 Å². The summed E-state index contributed by atoms with van der Waals surface area (Å²) in [5.41, 5.74) is 2.86. The Labute approximate surface area is 296 Å². The molecule has 0 unspecified atom stereocenters. The van der Waals surface area contributed by atoms with Gasteiger partial charge < -0.3 is 9.80 Å². The summed E-state index contributed by atoms with van der Waals surface area (Å²) < 4.78 is 80.2. The number of fused-ring (bicyclic) bond motifs is 1. The molecule has 0 fully saturated rings. The maximum absolute atomic E-state index is 14.5. The Kier molecular flexibility index (Phi) is 10.6. The van der Waals surface area contributed by atoms with Crippen molar-refractivity contribution in [1.29, 1.82) is 0 Å². The second-order valence-electron chi connectivity index (χ2n) is 12.5. The van der Waals surface area contributed by atoms with E-state index in [2.05, 4.69) is 4.98 Å². The van der Waals surface area contributed by atoms with Crippen molar-refractivity contribution in [3.8, 4) is 11.3 Å². The van der Waals surface area contributed by atoms with Crippen molar-refractivity contribution in [2.24, 2.45) is 0 Å². The maximum Gasteiger partial charge on any atom is 0.416 e. The Morgan fingerprint density at radius 3 is 2.08 bits per heavy atom. The van der Waals surface area contributed by atoms with Gasteiger partial charge in [-0.3, -0.25) is 14.6 Å². The minimum Gasteiger partial charge on any atom is -0.336 e. The monoisotopic (exact) mass is 713 g/mol. The SMILES string of the molecule is O=C([C@H](Cc1ccccc1)N(Cc1ccc(-c2ccccn2)cc1)C(=O)/C=C\c1ccc(C(F)(F)F)cc1)N1CCc2ccc(C(F)(F)F)cc2C1. The van der Waals surface area contributed by atoms with E-state index in [0.29, 0.717) is 23.1 Å². The number of halogens is 6. The van der Waals surface area contributed by atoms with Crippen LogP contribution in [0.25, 0.3) is 17.3 Å². The zero-order chi connectivity index (χ0) is 36.9. The largest absolute Gasteiger partial charge is 0.416 e. The third-order valence-electron chi connectivity index (χ3n) is 9.00. The molecule has 2 amide bonds. The molecule has 0 saturated carbocycles. The number of rotatable bonds is 9. The van der Waals surface area contributed by atoms with Crippen LogP contribution in [0.1, 0.15) is 38.9 Å². The van der Waals surface area contributed by atoms with Gasteiger partial charge in [-0.15, -0.1) is 0 Å². The lowest BCUT2D eigenvalue weighted by Crippen LogP contribution is -2.52. The number of alkyl halides is 6. The first-order valence-electron chi connectivity index (χ1n) is 16.5. The molecule has 266 valence electrons. The van der Waals surface area contributed by atoms with Crippen LogP contribution in [0.5, 0.6) is 0 Å². The Balaban J connectivity index is 1.35. The van der Waals surface area contributed by atoms with Gasteiger partial charge in [0.25, 0.3) is 0 Å². The molecule has 1 aromatic heterocycles. The van der Waals surface area contributed by atoms with Crippen LogP contribution in [0.3, 0.4) is 0 Å². The zero-order valence-electron chi connectivity index (χ0n) is 27.7. The minimum absolute atomic E-state index is 0.00935. The summed E-state index contributed by atoms with van der Waals surface area (Å²) in [6.45, 7) is 0.167. The van der Waals surface area contributed by atoms with Gasteiger partial charge in [-0.1, -0.05) is 78.9 Å². The first-order valence-corrected chi connectivity index (χ1v) is 16.5. The lowest BCUT2D eigenvalue weighted by Gasteiger charge is -2.37. The molecule has 6 rings (SSSR count). The summed E-state index contributed by atoms with van der Waals surface area (Å²) in [6.07, 6.45) is -4.33. The highest BCUT2D eigenvalue weighted by molar-refractivity contribution is 5.96. The fraction of sp³-hybridized carbons (Fsp3) is 0.195. The van der Waals surface area contributed by atoms with Crippen LogP contribution in [-0.4, -0.2) is 39.2 Å². The summed E-state index contributed by atoms with van der Waals surface area (Å²) >= 11 is 0. The Morgan fingerprint density at radius 1 is 0.750 bits per heavy atom. The molecule has 4 aromatic carbocycles. The van der Waals surface area contributed by atoms with Gasteiger partial charge in [0.2, 0.25) is 11.8 Å². The van der Waals surface area contributed by atoms with E-state index in [4.69, 9.17) is 0 Å². The molecule has 52 heavy (non-hydrogen) atoms. The van der Waals surface area contributed by atoms with Gasteiger partial charge in [-0.25, -0.2) is 0 Å². The fourth-order valence-corrected chi connectivity index (χ4v) is 6.20. The third kappa shape index (κ3) is 8.77. The molecular formula is C41H33F6N3O2. The van der Waals surface area contributed by atoms with Crippen molar-refractivity contribution in [2.45, 2.75) is 44.3 Å². The molecule has 2 heterocycles. The highest BCUT2D eigenvalue weighted by Gasteiger charge is 2.36. The van der Waals surface area contributed by atoms with E-state index in [0.717, 1.165) is 46.6 Å². The van der Waals surface area contributed by atoms with E-state index >= 15 is 0 Å². The molecule has 0 N–H and O–H groups in total. The maximum atomic E-state index is 14.5. The van der Waals surface area contributed by atoms with Crippen LogP contribution in [0, 0.1) is 0 Å². The van der Waals surface area contributed by atoms with E-state index in [1.54, 1.807) is 24.4 Å². The Hall–Kier alpha value is -5.71. The molecule has 1 aliphatic heterocycles. The van der Waals surface area contributed by atoms with Gasteiger partial charge in [-0.2, -0.15) is 26.3 Å². The summed E-state index contributed by atoms with van der Waals surface area (Å²) in [5, 5.41) is 0. The van der Waals surface area contributed by atoms with Crippen LogP contribution in [0.2, 0.25) is 0 Å². The van der Waals surface area contributed by atoms with Crippen LogP contribution in [-0.2, 0) is 47.9 Å². The number of carbonyl (C=O) groups excluding carboxylic acids is 2. The van der Waals surface area contributed by atoms with Crippen molar-refractivity contribution in [1.82, 2.24) is 14.8 Å². The van der Waals surface area contributed by atoms with E-state index in [-0.39, 0.29) is 26.1 Å². The smallest absolute Gasteiger partial charge is 0.336 e. The van der Waals surface area contributed by atoms with Crippen molar-refractivity contribution >= 4 is 17.9 Å². The topological polar surface area (TPSA) is 53.5 Å². The first kappa shape index (κ1) is 36.1. The van der Waals surface area contributed by atoms with Gasteiger partial charge in [0.1, 0.15) is 6.04 Å². The highest BCUT2D eigenvalue weighted by Crippen LogP contribution is 2.33. The van der Waals surface area contributed by atoms with Gasteiger partial charge in [0.05, 0.1) is 16.8 Å². The Bertz CT molecular complexity index is 2030. The lowest BCUT2D eigenvalue weighted by molar-refractivity contribution is -0.144. The fourth-order valence-electron chi connectivity index (χ4n) is 6.20. The molecule has 0 radical (unpaired) electrons. The number of amides is 2. The summed E-state index contributed by atoms with van der Waals surface area (Å²) in [4.78, 5) is 36.0. The van der Waals surface area contributed by atoms with Crippen LogP contribution >= 0.6 is 0 Å². The molecule has 0 saturated heterocycles. The predicted molar refractivity (Wildman–Crippen MR) is 185 cm³/mol. The molecule has 5 aromatic rings. The average Bonchev–Trinajstić information content (AvgIpc) is 3.15. The summed E-state index contributed by atoms with van der Waals surface area (Å²) in [5.74, 6) is -1.01. The molecule has 0 spiro atoms. The number of aromatic nitrogens is 1. The average molecular weight is 714 g/mol. The van der Waals surface area contributed by atoms with E-state index in [9.17, 15) is 35.9 Å². The van der Waals surface area contributed by atoms with Crippen LogP contribution in [0.15, 0.2) is 128 Å². The number of carbonyl (C=O) groups is 2. The molecule has 5 nitrogen and oxygen atoms in total.